The molecule has 7 nitrogen and oxygen atoms in total. The molecule has 1 aliphatic carbocycles. The quantitative estimate of drug-likeness (QED) is 0.790. The summed E-state index contributed by atoms with van der Waals surface area (Å²) >= 11 is 0. The van der Waals surface area contributed by atoms with E-state index in [0.717, 1.165) is 6.26 Å². The van der Waals surface area contributed by atoms with Crippen molar-refractivity contribution >= 4 is 25.8 Å². The molecule has 0 radical (unpaired) electrons. The number of aryl methyl sites for hydroxylation is 1. The Hall–Kier alpha value is -1.45. The Morgan fingerprint density at radius 2 is 1.56 bits per heavy atom. The molecule has 2 rings (SSSR count). The van der Waals surface area contributed by atoms with Crippen molar-refractivity contribution in [3.63, 3.8) is 0 Å². The van der Waals surface area contributed by atoms with Crippen molar-refractivity contribution in [2.24, 2.45) is 5.92 Å². The summed E-state index contributed by atoms with van der Waals surface area (Å²) in [6.07, 6.45) is 2.78. The van der Waals surface area contributed by atoms with E-state index in [-0.39, 0.29) is 21.4 Å². The fourth-order valence-electron chi connectivity index (χ4n) is 3.20. The third-order valence-electron chi connectivity index (χ3n) is 4.54. The molecule has 0 heterocycles. The fraction of sp³-hybridized carbons (Fsp3) is 0.562. The van der Waals surface area contributed by atoms with Gasteiger partial charge in [-0.1, -0.05) is 0 Å². The molecule has 1 aliphatic rings. The molecular formula is C16H23NO6S2. The van der Waals surface area contributed by atoms with Crippen molar-refractivity contribution < 1.29 is 26.7 Å². The highest BCUT2D eigenvalue weighted by atomic mass is 32.2. The van der Waals surface area contributed by atoms with Crippen LogP contribution in [0.25, 0.3) is 0 Å². The second kappa shape index (κ2) is 7.05. The average Bonchev–Trinajstić information content (AvgIpc) is 2.48. The van der Waals surface area contributed by atoms with E-state index >= 15 is 0 Å². The maximum Gasteiger partial charge on any atom is 0.306 e. The Morgan fingerprint density at radius 3 is 2.04 bits per heavy atom. The molecule has 9 heteroatoms. The third kappa shape index (κ3) is 4.59. The first-order valence-corrected chi connectivity index (χ1v) is 11.4. The number of benzene rings is 1. The van der Waals surface area contributed by atoms with E-state index in [1.165, 1.54) is 19.1 Å². The minimum Gasteiger partial charge on any atom is -0.481 e. The van der Waals surface area contributed by atoms with Gasteiger partial charge in [0, 0.05) is 12.3 Å². The second-order valence-corrected chi connectivity index (χ2v) is 10.3. The third-order valence-corrected chi connectivity index (χ3v) is 7.41. The van der Waals surface area contributed by atoms with Gasteiger partial charge in [-0.3, -0.25) is 4.79 Å². The number of sulfonamides is 1. The zero-order valence-electron chi connectivity index (χ0n) is 14.4. The number of aliphatic carboxylic acids is 1. The Balaban J connectivity index is 2.29. The van der Waals surface area contributed by atoms with Gasteiger partial charge in [-0.25, -0.2) is 21.6 Å². The lowest BCUT2D eigenvalue weighted by Gasteiger charge is -2.27. The van der Waals surface area contributed by atoms with Crippen LogP contribution in [-0.2, 0) is 24.7 Å². The van der Waals surface area contributed by atoms with Gasteiger partial charge in [-0.15, -0.1) is 0 Å². The molecule has 0 spiro atoms. The van der Waals surface area contributed by atoms with Crippen LogP contribution in [0.2, 0.25) is 0 Å². The maximum absolute atomic E-state index is 12.7. The molecule has 0 amide bonds. The van der Waals surface area contributed by atoms with E-state index in [1.807, 2.05) is 0 Å². The van der Waals surface area contributed by atoms with Crippen molar-refractivity contribution in [2.75, 3.05) is 6.26 Å². The summed E-state index contributed by atoms with van der Waals surface area (Å²) in [6, 6.07) is 2.57. The van der Waals surface area contributed by atoms with Crippen LogP contribution in [0.1, 0.15) is 36.8 Å². The summed E-state index contributed by atoms with van der Waals surface area (Å²) in [5.74, 6) is -1.29. The first-order chi connectivity index (χ1) is 11.4. The Kier molecular flexibility index (Phi) is 5.60. The summed E-state index contributed by atoms with van der Waals surface area (Å²) < 4.78 is 51.9. The lowest BCUT2D eigenvalue weighted by Crippen LogP contribution is -2.39. The van der Waals surface area contributed by atoms with Crippen molar-refractivity contribution in [3.05, 3.63) is 23.3 Å². The van der Waals surface area contributed by atoms with Crippen molar-refractivity contribution in [2.45, 2.75) is 55.4 Å². The van der Waals surface area contributed by atoms with E-state index in [0.29, 0.717) is 31.2 Å². The molecule has 1 aromatic carbocycles. The molecule has 0 aromatic heterocycles. The van der Waals surface area contributed by atoms with Crippen LogP contribution in [0.3, 0.4) is 0 Å². The van der Waals surface area contributed by atoms with Gasteiger partial charge in [-0.05, 0) is 62.8 Å². The minimum absolute atomic E-state index is 0.00228. The molecule has 0 aliphatic heterocycles. The van der Waals surface area contributed by atoms with Gasteiger partial charge >= 0.3 is 5.97 Å². The number of hydrogen-bond donors (Lipinski definition) is 2. The molecule has 0 unspecified atom stereocenters. The normalized spacial score (nSPS) is 21.9. The van der Waals surface area contributed by atoms with Gasteiger partial charge in [0.2, 0.25) is 10.0 Å². The zero-order chi connectivity index (χ0) is 19.0. The van der Waals surface area contributed by atoms with Crippen LogP contribution in [-0.4, -0.2) is 40.2 Å². The molecule has 1 fully saturated rings. The number of nitrogens with one attached hydrogen (secondary N) is 1. The smallest absolute Gasteiger partial charge is 0.306 e. The monoisotopic (exact) mass is 389 g/mol. The molecule has 0 atom stereocenters. The van der Waals surface area contributed by atoms with Gasteiger partial charge in [0.05, 0.1) is 15.7 Å². The molecule has 140 valence electrons. The molecule has 25 heavy (non-hydrogen) atoms. The van der Waals surface area contributed by atoms with E-state index in [9.17, 15) is 21.6 Å². The van der Waals surface area contributed by atoms with Crippen molar-refractivity contribution in [1.82, 2.24) is 4.72 Å². The van der Waals surface area contributed by atoms with Crippen LogP contribution >= 0.6 is 0 Å². The van der Waals surface area contributed by atoms with Gasteiger partial charge in [0.25, 0.3) is 0 Å². The standard InChI is InChI=1S/C16H23NO6S2/c1-10-8-14(24(3,20)21)11(2)15(9-10)25(22,23)17-13-6-4-12(5-7-13)16(18)19/h8-9,12-13,17H,4-7H2,1-3H3,(H,18,19). The largest absolute Gasteiger partial charge is 0.481 e. The Labute approximate surface area is 148 Å². The summed E-state index contributed by atoms with van der Waals surface area (Å²) in [6.45, 7) is 3.12. The number of carbonyl (C=O) groups is 1. The molecular weight excluding hydrogens is 366 g/mol. The molecule has 1 saturated carbocycles. The summed E-state index contributed by atoms with van der Waals surface area (Å²) in [5.41, 5.74) is 0.737. The molecule has 1 aromatic rings. The number of rotatable bonds is 5. The molecule has 0 saturated heterocycles. The summed E-state index contributed by atoms with van der Waals surface area (Å²) in [5, 5.41) is 9.01. The van der Waals surface area contributed by atoms with Gasteiger partial charge in [-0.2, -0.15) is 0 Å². The van der Waals surface area contributed by atoms with Crippen LogP contribution in [0, 0.1) is 19.8 Å². The van der Waals surface area contributed by atoms with Crippen LogP contribution in [0.15, 0.2) is 21.9 Å². The lowest BCUT2D eigenvalue weighted by molar-refractivity contribution is -0.142. The van der Waals surface area contributed by atoms with Gasteiger partial charge in [0.15, 0.2) is 9.84 Å². The fourth-order valence-corrected chi connectivity index (χ4v) is 5.98. The van der Waals surface area contributed by atoms with E-state index in [4.69, 9.17) is 5.11 Å². The maximum atomic E-state index is 12.7. The van der Waals surface area contributed by atoms with Crippen LogP contribution in [0.4, 0.5) is 0 Å². The Morgan fingerprint density at radius 1 is 1.04 bits per heavy atom. The predicted molar refractivity (Wildman–Crippen MR) is 92.7 cm³/mol. The van der Waals surface area contributed by atoms with Gasteiger partial charge in [0.1, 0.15) is 0 Å². The highest BCUT2D eigenvalue weighted by Gasteiger charge is 2.30. The number of sulfone groups is 1. The van der Waals surface area contributed by atoms with Gasteiger partial charge < -0.3 is 5.11 Å². The van der Waals surface area contributed by atoms with E-state index < -0.39 is 31.7 Å². The lowest BCUT2D eigenvalue weighted by atomic mass is 9.87. The second-order valence-electron chi connectivity index (χ2n) is 6.67. The highest BCUT2D eigenvalue weighted by Crippen LogP contribution is 2.28. The topological polar surface area (TPSA) is 118 Å². The number of hydrogen-bond acceptors (Lipinski definition) is 5. The predicted octanol–water partition coefficient (Wildman–Crippen LogP) is 1.63. The molecule has 2 N–H and O–H groups in total. The van der Waals surface area contributed by atoms with E-state index in [2.05, 4.69) is 4.72 Å². The van der Waals surface area contributed by atoms with Crippen LogP contribution in [0.5, 0.6) is 0 Å². The SMILES string of the molecule is Cc1cc(S(C)(=O)=O)c(C)c(S(=O)(=O)NC2CCC(C(=O)O)CC2)c1. The Bertz CT molecular complexity index is 881. The first kappa shape index (κ1) is 19.9. The highest BCUT2D eigenvalue weighted by molar-refractivity contribution is 7.91. The number of carboxylic acids is 1. The minimum atomic E-state index is -3.90. The van der Waals surface area contributed by atoms with E-state index in [1.54, 1.807) is 6.92 Å². The van der Waals surface area contributed by atoms with Crippen LogP contribution < -0.4 is 4.72 Å². The van der Waals surface area contributed by atoms with Crippen molar-refractivity contribution in [3.8, 4) is 0 Å². The average molecular weight is 389 g/mol. The van der Waals surface area contributed by atoms with Crippen molar-refractivity contribution in [1.29, 1.82) is 0 Å². The zero-order valence-corrected chi connectivity index (χ0v) is 16.1. The summed E-state index contributed by atoms with van der Waals surface area (Å²) in [4.78, 5) is 10.9. The first-order valence-electron chi connectivity index (χ1n) is 7.98. The number of carboxylic acid groups (broad SMARTS) is 1. The molecule has 0 bridgehead atoms. The summed E-state index contributed by atoms with van der Waals surface area (Å²) in [7, 11) is -7.44.